The topological polar surface area (TPSA) is 58.6 Å². The van der Waals surface area contributed by atoms with Crippen LogP contribution in [0.1, 0.15) is 29.8 Å². The highest BCUT2D eigenvalue weighted by molar-refractivity contribution is 6.05. The van der Waals surface area contributed by atoms with E-state index in [9.17, 15) is 9.59 Å². The summed E-state index contributed by atoms with van der Waals surface area (Å²) in [4.78, 5) is 26.2. The highest BCUT2D eigenvalue weighted by Crippen LogP contribution is 2.35. The van der Waals surface area contributed by atoms with E-state index >= 15 is 0 Å². The zero-order valence-corrected chi connectivity index (χ0v) is 14.7. The van der Waals surface area contributed by atoms with Crippen LogP contribution in [0.3, 0.4) is 0 Å². The third-order valence-electron chi connectivity index (χ3n) is 4.02. The number of aryl methyl sites for hydroxylation is 1. The van der Waals surface area contributed by atoms with Crippen LogP contribution in [-0.4, -0.2) is 25.0 Å². The van der Waals surface area contributed by atoms with Gasteiger partial charge in [-0.2, -0.15) is 0 Å². The van der Waals surface area contributed by atoms with Crippen LogP contribution in [0.4, 0.5) is 11.4 Å². The summed E-state index contributed by atoms with van der Waals surface area (Å²) in [5.41, 5.74) is 3.09. The number of carbonyl (C=O) groups excluding carboxylic acids is 2. The summed E-state index contributed by atoms with van der Waals surface area (Å²) in [6.45, 7) is 6.78. The van der Waals surface area contributed by atoms with Gasteiger partial charge < -0.3 is 15.0 Å². The van der Waals surface area contributed by atoms with E-state index in [0.29, 0.717) is 29.5 Å². The Kier molecular flexibility index (Phi) is 4.74. The Morgan fingerprint density at radius 3 is 2.60 bits per heavy atom. The van der Waals surface area contributed by atoms with Crippen molar-refractivity contribution in [2.45, 2.75) is 20.8 Å². The molecule has 1 N–H and O–H groups in total. The van der Waals surface area contributed by atoms with Crippen LogP contribution >= 0.6 is 0 Å². The molecule has 0 aliphatic carbocycles. The fourth-order valence-electron chi connectivity index (χ4n) is 2.76. The fourth-order valence-corrected chi connectivity index (χ4v) is 2.76. The van der Waals surface area contributed by atoms with Crippen molar-refractivity contribution in [3.05, 3.63) is 53.6 Å². The van der Waals surface area contributed by atoms with Gasteiger partial charge in [0.15, 0.2) is 6.61 Å². The molecule has 0 saturated heterocycles. The quantitative estimate of drug-likeness (QED) is 0.926. The van der Waals surface area contributed by atoms with E-state index in [2.05, 4.69) is 19.2 Å². The number of nitrogens with one attached hydrogen (secondary N) is 1. The van der Waals surface area contributed by atoms with Gasteiger partial charge in [0, 0.05) is 23.9 Å². The van der Waals surface area contributed by atoms with Crippen LogP contribution in [0, 0.1) is 12.8 Å². The molecule has 0 bridgehead atoms. The van der Waals surface area contributed by atoms with Crippen molar-refractivity contribution in [3.8, 4) is 5.75 Å². The first-order valence-electron chi connectivity index (χ1n) is 8.39. The van der Waals surface area contributed by atoms with E-state index < -0.39 is 0 Å². The zero-order valence-electron chi connectivity index (χ0n) is 14.7. The molecule has 2 aromatic carbocycles. The van der Waals surface area contributed by atoms with Gasteiger partial charge in [-0.25, -0.2) is 0 Å². The van der Waals surface area contributed by atoms with Crippen LogP contribution in [0.15, 0.2) is 42.5 Å². The first kappa shape index (κ1) is 17.0. The Bertz CT molecular complexity index is 797. The van der Waals surface area contributed by atoms with Crippen molar-refractivity contribution >= 4 is 23.2 Å². The molecule has 5 heteroatoms. The van der Waals surface area contributed by atoms with E-state index in [1.807, 2.05) is 25.1 Å². The second-order valence-corrected chi connectivity index (χ2v) is 6.69. The number of amides is 2. The second kappa shape index (κ2) is 6.97. The SMILES string of the molecule is Cc1ccc(C(=O)Nc2ccc3c(c2)OCC(=O)N3CC(C)C)cc1. The molecular formula is C20H22N2O3. The van der Waals surface area contributed by atoms with Crippen LogP contribution in [0.5, 0.6) is 5.75 Å². The maximum Gasteiger partial charge on any atom is 0.265 e. The molecular weight excluding hydrogens is 316 g/mol. The molecule has 0 fully saturated rings. The van der Waals surface area contributed by atoms with Crippen LogP contribution in [0.2, 0.25) is 0 Å². The van der Waals surface area contributed by atoms with Crippen LogP contribution < -0.4 is 15.0 Å². The standard InChI is InChI=1S/C20H22N2O3/c1-13(2)11-22-17-9-8-16(10-18(17)25-12-19(22)23)21-20(24)15-6-4-14(3)5-7-15/h4-10,13H,11-12H2,1-3H3,(H,21,24). The lowest BCUT2D eigenvalue weighted by molar-refractivity contribution is -0.121. The summed E-state index contributed by atoms with van der Waals surface area (Å²) >= 11 is 0. The van der Waals surface area contributed by atoms with Gasteiger partial charge in [-0.1, -0.05) is 31.5 Å². The normalized spacial score (nSPS) is 13.4. The van der Waals surface area contributed by atoms with Crippen LogP contribution in [-0.2, 0) is 4.79 Å². The van der Waals surface area contributed by atoms with Crippen molar-refractivity contribution in [1.82, 2.24) is 0 Å². The third-order valence-corrected chi connectivity index (χ3v) is 4.02. The monoisotopic (exact) mass is 338 g/mol. The third kappa shape index (κ3) is 3.82. The molecule has 1 heterocycles. The van der Waals surface area contributed by atoms with E-state index in [4.69, 9.17) is 4.74 Å². The Morgan fingerprint density at radius 2 is 1.92 bits per heavy atom. The Labute approximate surface area is 147 Å². The van der Waals surface area contributed by atoms with E-state index in [1.165, 1.54) is 0 Å². The molecule has 2 aromatic rings. The van der Waals surface area contributed by atoms with Gasteiger partial charge in [0.2, 0.25) is 0 Å². The van der Waals surface area contributed by atoms with Gasteiger partial charge in [0.25, 0.3) is 11.8 Å². The molecule has 130 valence electrons. The Hall–Kier alpha value is -2.82. The second-order valence-electron chi connectivity index (χ2n) is 6.69. The number of anilines is 2. The highest BCUT2D eigenvalue weighted by atomic mass is 16.5. The predicted molar refractivity (Wildman–Crippen MR) is 98.3 cm³/mol. The average molecular weight is 338 g/mol. The maximum atomic E-state index is 12.3. The summed E-state index contributed by atoms with van der Waals surface area (Å²) in [6.07, 6.45) is 0. The van der Waals surface area contributed by atoms with Crippen molar-refractivity contribution in [1.29, 1.82) is 0 Å². The number of nitrogens with zero attached hydrogens (tertiary/aromatic N) is 1. The molecule has 5 nitrogen and oxygen atoms in total. The van der Waals surface area contributed by atoms with Crippen molar-refractivity contribution in [2.75, 3.05) is 23.4 Å². The van der Waals surface area contributed by atoms with Gasteiger partial charge in [0.1, 0.15) is 5.75 Å². The molecule has 1 aliphatic rings. The van der Waals surface area contributed by atoms with E-state index in [1.54, 1.807) is 29.2 Å². The number of hydrogen-bond donors (Lipinski definition) is 1. The molecule has 0 radical (unpaired) electrons. The Balaban J connectivity index is 1.80. The minimum absolute atomic E-state index is 0.0229. The van der Waals surface area contributed by atoms with Crippen LogP contribution in [0.25, 0.3) is 0 Å². The molecule has 0 unspecified atom stereocenters. The number of fused-ring (bicyclic) bond motifs is 1. The summed E-state index contributed by atoms with van der Waals surface area (Å²) in [6, 6.07) is 12.8. The van der Waals surface area contributed by atoms with Crippen molar-refractivity contribution in [3.63, 3.8) is 0 Å². The van der Waals surface area contributed by atoms with E-state index in [-0.39, 0.29) is 18.4 Å². The number of benzene rings is 2. The number of hydrogen-bond acceptors (Lipinski definition) is 3. The minimum Gasteiger partial charge on any atom is -0.481 e. The number of carbonyl (C=O) groups is 2. The fraction of sp³-hybridized carbons (Fsp3) is 0.300. The first-order valence-corrected chi connectivity index (χ1v) is 8.39. The summed E-state index contributed by atoms with van der Waals surface area (Å²) in [5.74, 6) is 0.751. The summed E-state index contributed by atoms with van der Waals surface area (Å²) < 4.78 is 5.55. The molecule has 0 atom stereocenters. The summed E-state index contributed by atoms with van der Waals surface area (Å²) in [5, 5.41) is 2.87. The number of ether oxygens (including phenoxy) is 1. The van der Waals surface area contributed by atoms with Gasteiger partial charge in [-0.3, -0.25) is 9.59 Å². The first-order chi connectivity index (χ1) is 11.9. The molecule has 1 aliphatic heterocycles. The molecule has 25 heavy (non-hydrogen) atoms. The zero-order chi connectivity index (χ0) is 18.0. The summed E-state index contributed by atoms with van der Waals surface area (Å²) in [7, 11) is 0. The Morgan fingerprint density at radius 1 is 1.20 bits per heavy atom. The molecule has 0 spiro atoms. The van der Waals surface area contributed by atoms with Gasteiger partial charge in [-0.15, -0.1) is 0 Å². The molecule has 3 rings (SSSR count). The largest absolute Gasteiger partial charge is 0.481 e. The van der Waals surface area contributed by atoms with Crippen molar-refractivity contribution in [2.24, 2.45) is 5.92 Å². The lowest BCUT2D eigenvalue weighted by Crippen LogP contribution is -2.40. The smallest absolute Gasteiger partial charge is 0.265 e. The highest BCUT2D eigenvalue weighted by Gasteiger charge is 2.26. The predicted octanol–water partition coefficient (Wildman–Crippen LogP) is 3.63. The van der Waals surface area contributed by atoms with Gasteiger partial charge >= 0.3 is 0 Å². The molecule has 2 amide bonds. The minimum atomic E-state index is -0.175. The van der Waals surface area contributed by atoms with E-state index in [0.717, 1.165) is 11.3 Å². The maximum absolute atomic E-state index is 12.3. The number of rotatable bonds is 4. The van der Waals surface area contributed by atoms with Crippen molar-refractivity contribution < 1.29 is 14.3 Å². The van der Waals surface area contributed by atoms with Gasteiger partial charge in [-0.05, 0) is 37.1 Å². The van der Waals surface area contributed by atoms with Gasteiger partial charge in [0.05, 0.1) is 5.69 Å². The average Bonchev–Trinajstić information content (AvgIpc) is 2.57. The molecule has 0 aromatic heterocycles. The lowest BCUT2D eigenvalue weighted by Gasteiger charge is -2.31. The molecule has 0 saturated carbocycles. The lowest BCUT2D eigenvalue weighted by atomic mass is 10.1.